The van der Waals surface area contributed by atoms with Crippen LogP contribution in [-0.2, 0) is 18.3 Å². The number of hydrogen-bond donors (Lipinski definition) is 2. The average Bonchev–Trinajstić information content (AvgIpc) is 3.06. The van der Waals surface area contributed by atoms with Gasteiger partial charge in [0.15, 0.2) is 5.82 Å². The zero-order valence-corrected chi connectivity index (χ0v) is 29.3. The summed E-state index contributed by atoms with van der Waals surface area (Å²) in [6.45, 7) is 9.09. The molecule has 0 saturated carbocycles. The predicted octanol–water partition coefficient (Wildman–Crippen LogP) is 7.20. The quantitative estimate of drug-likeness (QED) is 0.154. The molecule has 2 N–H and O–H groups in total. The number of rotatable bonds is 10. The van der Waals surface area contributed by atoms with Crippen LogP contribution in [0, 0.1) is 0 Å². The van der Waals surface area contributed by atoms with Crippen LogP contribution in [0.4, 0.5) is 26.3 Å². The Morgan fingerprint density at radius 1 is 1.14 bits per heavy atom. The van der Waals surface area contributed by atoms with E-state index in [2.05, 4.69) is 27.2 Å². The van der Waals surface area contributed by atoms with Gasteiger partial charge in [0.25, 0.3) is 11.5 Å². The fourth-order valence-electron chi connectivity index (χ4n) is 5.25. The molecule has 50 heavy (non-hydrogen) atoms. The van der Waals surface area contributed by atoms with Crippen LogP contribution in [0.1, 0.15) is 51.7 Å². The van der Waals surface area contributed by atoms with E-state index in [0.29, 0.717) is 53.9 Å². The lowest BCUT2D eigenvalue weighted by molar-refractivity contribution is -0.125. The van der Waals surface area contributed by atoms with E-state index in [9.17, 15) is 35.9 Å². The van der Waals surface area contributed by atoms with E-state index in [-0.39, 0.29) is 28.0 Å². The molecule has 1 aliphatic heterocycles. The van der Waals surface area contributed by atoms with E-state index >= 15 is 0 Å². The van der Waals surface area contributed by atoms with E-state index in [4.69, 9.17) is 0 Å². The molecule has 0 unspecified atom stereocenters. The topological polar surface area (TPSA) is 92.2 Å². The first-order chi connectivity index (χ1) is 23.5. The SMILES string of the molecule is C=C1C(=O)N(C)CC\C(c2cnc(-c3ccn(C)c(=O)c3CC)nc2)=C/C1=C(/C=C(\C)F)[C@@H](C)NC(/C=C\CC)=C(/NC)C(F)(F)F.FCF. The van der Waals surface area contributed by atoms with Crippen LogP contribution in [0.25, 0.3) is 17.0 Å². The molecule has 8 nitrogen and oxygen atoms in total. The van der Waals surface area contributed by atoms with Gasteiger partial charge in [0.1, 0.15) is 5.70 Å². The van der Waals surface area contributed by atoms with Crippen LogP contribution in [0.3, 0.4) is 0 Å². The van der Waals surface area contributed by atoms with Gasteiger partial charge in [-0.25, -0.2) is 23.1 Å². The highest BCUT2D eigenvalue weighted by atomic mass is 19.4. The summed E-state index contributed by atoms with van der Waals surface area (Å²) in [7, 11) is 4.47. The number of allylic oxidation sites excluding steroid dienone is 5. The summed E-state index contributed by atoms with van der Waals surface area (Å²) in [4.78, 5) is 36.6. The number of nitrogens with one attached hydrogen (secondary N) is 2. The molecular formula is C36H44F6N6O2. The van der Waals surface area contributed by atoms with Crippen molar-refractivity contribution >= 4 is 11.5 Å². The first-order valence-corrected chi connectivity index (χ1v) is 15.8. The summed E-state index contributed by atoms with van der Waals surface area (Å²) in [6.07, 6.45) is 7.34. The molecule has 272 valence electrons. The Bertz CT molecular complexity index is 1730. The van der Waals surface area contributed by atoms with Crippen molar-refractivity contribution in [2.75, 3.05) is 27.6 Å². The number of halogens is 6. The van der Waals surface area contributed by atoms with Gasteiger partial charge in [-0.3, -0.25) is 9.59 Å². The van der Waals surface area contributed by atoms with Crippen molar-refractivity contribution in [1.82, 2.24) is 30.1 Å². The third-order valence-electron chi connectivity index (χ3n) is 7.78. The van der Waals surface area contributed by atoms with Crippen molar-refractivity contribution in [2.24, 2.45) is 7.05 Å². The molecule has 0 fully saturated rings. The molecule has 1 amide bonds. The number of carbonyl (C=O) groups is 1. The van der Waals surface area contributed by atoms with E-state index in [1.165, 1.54) is 35.6 Å². The summed E-state index contributed by atoms with van der Waals surface area (Å²) in [5.74, 6) is -0.636. The van der Waals surface area contributed by atoms with Gasteiger partial charge in [0, 0.05) is 74.6 Å². The smallest absolute Gasteiger partial charge is 0.382 e. The van der Waals surface area contributed by atoms with Gasteiger partial charge in [0.05, 0.1) is 11.5 Å². The van der Waals surface area contributed by atoms with Crippen molar-refractivity contribution < 1.29 is 31.1 Å². The number of pyridine rings is 1. The normalized spacial score (nSPS) is 17.6. The van der Waals surface area contributed by atoms with Gasteiger partial charge in [-0.15, -0.1) is 0 Å². The number of amides is 1. The summed E-state index contributed by atoms with van der Waals surface area (Å²) >= 11 is 0. The zero-order chi connectivity index (χ0) is 37.8. The number of aryl methyl sites for hydroxylation is 1. The third kappa shape index (κ3) is 10.6. The van der Waals surface area contributed by atoms with Crippen LogP contribution in [-0.4, -0.2) is 65.1 Å². The molecule has 1 atom stereocenters. The van der Waals surface area contributed by atoms with E-state index in [1.807, 2.05) is 6.92 Å². The second-order valence-electron chi connectivity index (χ2n) is 11.3. The van der Waals surface area contributed by atoms with E-state index < -0.39 is 36.6 Å². The lowest BCUT2D eigenvalue weighted by Crippen LogP contribution is -2.35. The van der Waals surface area contributed by atoms with Crippen molar-refractivity contribution in [3.8, 4) is 11.4 Å². The Hall–Kier alpha value is -4.88. The van der Waals surface area contributed by atoms with Gasteiger partial charge >= 0.3 is 6.18 Å². The molecule has 1 aliphatic rings. The van der Waals surface area contributed by atoms with E-state index in [1.54, 1.807) is 64.8 Å². The van der Waals surface area contributed by atoms with Gasteiger partial charge in [-0.05, 0) is 74.1 Å². The van der Waals surface area contributed by atoms with Gasteiger partial charge in [-0.2, -0.15) is 13.2 Å². The van der Waals surface area contributed by atoms with Gasteiger partial charge < -0.3 is 20.1 Å². The number of hydrogen-bond acceptors (Lipinski definition) is 6. The number of likely N-dealkylation sites (N-methyl/N-ethyl adjacent to an activating group) is 1. The van der Waals surface area contributed by atoms with Gasteiger partial charge in [0.2, 0.25) is 6.93 Å². The van der Waals surface area contributed by atoms with Crippen molar-refractivity contribution in [2.45, 2.75) is 59.2 Å². The molecule has 0 bridgehead atoms. The molecule has 0 saturated heterocycles. The third-order valence-corrected chi connectivity index (χ3v) is 7.78. The molecular weight excluding hydrogens is 662 g/mol. The Labute approximate surface area is 288 Å². The Morgan fingerprint density at radius 2 is 1.76 bits per heavy atom. The first-order valence-electron chi connectivity index (χ1n) is 15.8. The molecule has 3 heterocycles. The molecule has 0 spiro atoms. The maximum atomic E-state index is 14.6. The molecule has 2 aromatic heterocycles. The molecule has 3 rings (SSSR count). The molecule has 14 heteroatoms. The fraction of sp³-hybridized carbons (Fsp3) is 0.389. The highest BCUT2D eigenvalue weighted by Gasteiger charge is 2.36. The maximum absolute atomic E-state index is 14.6. The standard InChI is InChI=1S/C35H42F4N6O2.CH2F2/c1-9-11-12-30(31(40-6)35(37,38)39)43-23(5)29(17-21(3)36)28-18-24(13-15-44(7)33(46)22(28)4)25-19-41-32(42-20-25)27-14-16-45(8)34(47)26(27)10-2;2-1-3/h11-12,14,16-20,23,40,43H,4,9-10,13,15H2,1-3,5-8H3;1H2/b12-11-,21-17+,24-18+,29-28+,31-30+;/t23-;/m1./s1. The number of alkyl halides is 5. The zero-order valence-electron chi connectivity index (χ0n) is 29.3. The Morgan fingerprint density at radius 3 is 2.28 bits per heavy atom. The first kappa shape index (κ1) is 41.3. The van der Waals surface area contributed by atoms with E-state index in [0.717, 1.165) is 0 Å². The van der Waals surface area contributed by atoms with Crippen LogP contribution in [0.2, 0.25) is 0 Å². The minimum atomic E-state index is -4.69. The second kappa shape index (κ2) is 18.8. The van der Waals surface area contributed by atoms with Crippen LogP contribution in [0.15, 0.2) is 94.3 Å². The molecule has 0 radical (unpaired) electrons. The summed E-state index contributed by atoms with van der Waals surface area (Å²) in [5, 5.41) is 5.11. The number of nitrogens with zero attached hydrogens (tertiary/aromatic N) is 4. The lowest BCUT2D eigenvalue weighted by atomic mass is 9.89. The minimum Gasteiger partial charge on any atom is -0.382 e. The van der Waals surface area contributed by atoms with Crippen molar-refractivity contribution in [1.29, 1.82) is 0 Å². The van der Waals surface area contributed by atoms with Crippen LogP contribution < -0.4 is 16.2 Å². The van der Waals surface area contributed by atoms with Crippen molar-refractivity contribution in [3.63, 3.8) is 0 Å². The van der Waals surface area contributed by atoms with Crippen LogP contribution >= 0.6 is 0 Å². The highest BCUT2D eigenvalue weighted by molar-refractivity contribution is 5.99. The second-order valence-corrected chi connectivity index (χ2v) is 11.3. The van der Waals surface area contributed by atoms with Crippen molar-refractivity contribution in [3.05, 3.63) is 111 Å². The monoisotopic (exact) mass is 706 g/mol. The number of aromatic nitrogens is 3. The lowest BCUT2D eigenvalue weighted by Gasteiger charge is -2.27. The fourth-order valence-corrected chi connectivity index (χ4v) is 5.25. The summed E-state index contributed by atoms with van der Waals surface area (Å²) in [6, 6.07) is 0.884. The Kier molecular flexibility index (Phi) is 15.5. The summed E-state index contributed by atoms with van der Waals surface area (Å²) in [5.41, 5.74) is 1.69. The minimum absolute atomic E-state index is 0.0513. The average molecular weight is 707 g/mol. The molecule has 2 aromatic rings. The van der Waals surface area contributed by atoms with Gasteiger partial charge in [-0.1, -0.05) is 26.5 Å². The number of carbonyl (C=O) groups excluding carboxylic acids is 1. The maximum Gasteiger partial charge on any atom is 0.432 e. The Balaban J connectivity index is 0.00000278. The van der Waals surface area contributed by atoms with Crippen LogP contribution in [0.5, 0.6) is 0 Å². The summed E-state index contributed by atoms with van der Waals surface area (Å²) < 4.78 is 77.2. The molecule has 0 aromatic carbocycles. The predicted molar refractivity (Wildman–Crippen MR) is 185 cm³/mol. The highest BCUT2D eigenvalue weighted by Crippen LogP contribution is 2.32. The molecule has 0 aliphatic carbocycles. The largest absolute Gasteiger partial charge is 0.432 e.